The zero-order chi connectivity index (χ0) is 100. The Balaban J connectivity index is 0.000000142. The third kappa shape index (κ3) is 18.5. The summed E-state index contributed by atoms with van der Waals surface area (Å²) in [5.41, 5.74) is 1.60. The van der Waals surface area contributed by atoms with Crippen LogP contribution in [0, 0.1) is 0 Å². The number of benzene rings is 6. The lowest BCUT2D eigenvalue weighted by molar-refractivity contribution is -0.207. The van der Waals surface area contributed by atoms with Gasteiger partial charge in [0.15, 0.2) is 36.3 Å². The van der Waals surface area contributed by atoms with E-state index in [4.69, 9.17) is 84.9 Å². The van der Waals surface area contributed by atoms with Crippen molar-refractivity contribution in [2.24, 2.45) is 0 Å². The lowest BCUT2D eigenvalue weighted by Crippen LogP contribution is -2.76. The number of ketones is 1. The second kappa shape index (κ2) is 39.9. The van der Waals surface area contributed by atoms with Crippen LogP contribution >= 0.6 is 23.2 Å². The van der Waals surface area contributed by atoms with Gasteiger partial charge in [-0.15, -0.1) is 28.3 Å². The second-order valence-corrected chi connectivity index (χ2v) is 39.9. The van der Waals surface area contributed by atoms with Crippen molar-refractivity contribution in [1.82, 2.24) is 19.8 Å². The van der Waals surface area contributed by atoms with Crippen LogP contribution in [0.15, 0.2) is 151 Å². The summed E-state index contributed by atoms with van der Waals surface area (Å²) in [6.45, 7) is 15.4. The van der Waals surface area contributed by atoms with Crippen LogP contribution in [0.4, 0.5) is 9.59 Å². The number of hydrogen-bond donors (Lipinski definition) is 7. The minimum Gasteiger partial charge on any atom is -0.481 e. The molecule has 3 spiro atoms. The molecule has 13 aliphatic rings. The lowest BCUT2D eigenvalue weighted by atomic mass is 9.49. The molecule has 6 bridgehead atoms. The molecule has 744 valence electrons. The predicted octanol–water partition coefficient (Wildman–Crippen LogP) is 9.46. The Kier molecular flexibility index (Phi) is 29.3. The van der Waals surface area contributed by atoms with Gasteiger partial charge in [-0.25, -0.2) is 38.4 Å². The number of Topliss-reactive ketones (excluding diaryl/α,β-unsaturated/α-hetero) is 1. The standard InChI is InChI=1S/C34H39NO10.C29H31NO8.C20H23NO9.C18H21NO4.CH2Cl2/c1-19(41-31(39)45-32(2,3)4)29(37)44-27(20-9-7-6-8-10-20)30(38)42-23-13-14-34(40)24-17-21-11-12-22(18-36)26-25(21)33(34,28(23)43-26)15-16-35(24)5;1-16(32)26(33)38-24(17-6-4-3-5-7-17)27(34)36-20-10-11-29(35)21-14-18-8-9-19(15-31)23-22(18)28(29,25(20)37-23)12-13-30(21)2;1-12(27-19(26)29-20(2,3)4)17(24)28-16(13-8-6-5-7-9-13)18(25)30-21-14(22)10-11-15(21)23;1-19-7-6-17-14-10-2-3-11(9-20)15(14)23-16(17)12(21)4-5-18(17,22)13(19)8-10;2-1-3/h6-13,19,24,27-28,36,40H,14-18H2,1-5H3;3-10,16,21,24-25,31-32,35H,11-15H2,1-2H3;5-9,12,16H,10-11H2,1-4H3;2-3,13,16,20,22H,4-9H2,1H3;1H2/t19-,24+,27-,28-,33-,34+;16-,21+,24-,25-,28-,29+;12-,16-;13-,16+,17+,18-;/m0001./s1. The van der Waals surface area contributed by atoms with Crippen LogP contribution in [0.5, 0.6) is 17.2 Å². The van der Waals surface area contributed by atoms with Gasteiger partial charge >= 0.3 is 48.1 Å². The van der Waals surface area contributed by atoms with Crippen LogP contribution in [0.3, 0.4) is 0 Å². The number of carbonyl (C=O) groups is 11. The molecule has 19 rings (SSSR count). The first kappa shape index (κ1) is 102. The van der Waals surface area contributed by atoms with E-state index >= 15 is 0 Å². The van der Waals surface area contributed by atoms with Crippen molar-refractivity contribution in [2.75, 3.05) is 46.1 Å². The number of alkyl halides is 2. The number of carbonyl (C=O) groups excluding carboxylic acids is 11. The number of imide groups is 1. The number of hydrogen-bond acceptors (Lipinski definition) is 34. The summed E-state index contributed by atoms with van der Waals surface area (Å²) < 4.78 is 67.3. The van der Waals surface area contributed by atoms with Gasteiger partial charge in [0, 0.05) is 100 Å². The second-order valence-electron chi connectivity index (χ2n) is 39.1. The molecule has 6 aromatic carbocycles. The summed E-state index contributed by atoms with van der Waals surface area (Å²) in [4.78, 5) is 149. The quantitative estimate of drug-likeness (QED) is 0.0162. The smallest absolute Gasteiger partial charge is 0.481 e. The molecular weight excluding hydrogens is 1850 g/mol. The fraction of sp³-hybridized carbons (Fsp3) is 0.500. The number of aliphatic hydroxyl groups is 7. The first-order valence-corrected chi connectivity index (χ1v) is 47.3. The van der Waals surface area contributed by atoms with Crippen LogP contribution in [0.1, 0.15) is 205 Å². The minimum atomic E-state index is -1.59. The van der Waals surface area contributed by atoms with Gasteiger partial charge in [0.25, 0.3) is 11.8 Å². The average Bonchev–Trinajstić information content (AvgIpc) is 1.54. The summed E-state index contributed by atoms with van der Waals surface area (Å²) in [5.74, 6) is -4.92. The SMILES string of the molecule is CN1CC[C@]23c4c5ccc(CO)c4O[C@H]2C(=O)CC[C@@]3(O)[C@H]1C5.C[C@H](O)C(=O)O[C@H](C(=O)OC1=CC[C@@]2(O)[C@H]3Cc4ccc(CO)c5c4[C@@]2(CCN3C)[C@H]1O5)c1ccccc1.C[C@H](OC(=O)OC(C)(C)C)C(=O)O[C@H](C(=O)OC1=CC[C@@]2(O)[C@H]3Cc4ccc(CO)c5c4[C@@]2(CCN3C)[C@H]1O5)c1ccccc1.C[C@H](OC(=O)OC(C)(C)C)C(=O)O[C@H](C(=O)ON1C(=O)CCC1=O)c1ccccc1.ClCCl. The molecule has 2 amide bonds. The molecular formula is C102H116Cl2N4O31. The summed E-state index contributed by atoms with van der Waals surface area (Å²) in [5, 5.41) is 76.6. The van der Waals surface area contributed by atoms with Crippen molar-refractivity contribution >= 4 is 88.9 Å². The Hall–Kier alpha value is -11.5. The number of amides is 2. The molecule has 37 heteroatoms. The Bertz CT molecular complexity index is 5810. The molecule has 139 heavy (non-hydrogen) atoms. The first-order chi connectivity index (χ1) is 65.9. The monoisotopic (exact) mass is 1960 g/mol. The van der Waals surface area contributed by atoms with Crippen LogP contribution < -0.4 is 14.2 Å². The number of likely N-dealkylation sites (tertiary alicyclic amines) is 3. The van der Waals surface area contributed by atoms with Crippen LogP contribution in [0.25, 0.3) is 0 Å². The molecule has 4 saturated heterocycles. The van der Waals surface area contributed by atoms with Crippen molar-refractivity contribution in [3.8, 4) is 17.2 Å². The number of likely N-dealkylation sites (N-methyl/N-ethyl adjacent to an activating group) is 3. The molecule has 7 aliphatic heterocycles. The highest BCUT2D eigenvalue weighted by Crippen LogP contribution is 2.68. The normalized spacial score (nSPS) is 27.6. The van der Waals surface area contributed by atoms with E-state index in [9.17, 15) is 88.5 Å². The van der Waals surface area contributed by atoms with E-state index in [1.807, 2.05) is 50.5 Å². The molecule has 1 saturated carbocycles. The maximum absolute atomic E-state index is 13.9. The molecule has 0 aromatic heterocycles. The number of aliphatic hydroxyl groups excluding tert-OH is 4. The topological polar surface area (TPSA) is 462 Å². The number of rotatable bonds is 20. The summed E-state index contributed by atoms with van der Waals surface area (Å²) in [6, 6.07) is 36.0. The van der Waals surface area contributed by atoms with Crippen LogP contribution in [0.2, 0.25) is 0 Å². The van der Waals surface area contributed by atoms with Gasteiger partial charge in [-0.2, -0.15) is 0 Å². The third-order valence-electron chi connectivity index (χ3n) is 28.7. The number of hydroxylamine groups is 2. The summed E-state index contributed by atoms with van der Waals surface area (Å²) >= 11 is 9.53. The molecule has 6 aromatic rings. The van der Waals surface area contributed by atoms with Crippen molar-refractivity contribution < 1.29 is 150 Å². The van der Waals surface area contributed by atoms with Crippen molar-refractivity contribution in [3.05, 3.63) is 218 Å². The van der Waals surface area contributed by atoms with Crippen molar-refractivity contribution in [1.29, 1.82) is 0 Å². The number of ether oxygens (including phenoxy) is 12. The van der Waals surface area contributed by atoms with Gasteiger partial charge in [0.05, 0.1) is 58.2 Å². The van der Waals surface area contributed by atoms with Crippen LogP contribution in [-0.2, 0) is 146 Å². The molecule has 35 nitrogen and oxygen atoms in total. The predicted molar refractivity (Wildman–Crippen MR) is 491 cm³/mol. The molecule has 0 unspecified atom stereocenters. The number of esters is 5. The lowest BCUT2D eigenvalue weighted by Gasteiger charge is -2.62. The summed E-state index contributed by atoms with van der Waals surface area (Å²) in [7, 11) is 6.07. The van der Waals surface area contributed by atoms with Crippen molar-refractivity contribution in [2.45, 2.75) is 276 Å². The van der Waals surface area contributed by atoms with Gasteiger partial charge in [-0.1, -0.05) is 127 Å². The van der Waals surface area contributed by atoms with E-state index in [0.29, 0.717) is 89.6 Å². The minimum absolute atomic E-state index is 0.0221. The Morgan fingerprint density at radius 3 is 1.09 bits per heavy atom. The maximum Gasteiger partial charge on any atom is 0.509 e. The van der Waals surface area contributed by atoms with Gasteiger partial charge in [0.2, 0.25) is 18.3 Å². The maximum atomic E-state index is 13.9. The largest absolute Gasteiger partial charge is 0.509 e. The molecule has 5 fully saturated rings. The van der Waals surface area contributed by atoms with Crippen LogP contribution in [-0.4, -0.2) is 250 Å². The Labute approximate surface area is 812 Å². The number of piperidine rings is 3. The van der Waals surface area contributed by atoms with Gasteiger partial charge in [-0.3, -0.25) is 14.4 Å². The Morgan fingerprint density at radius 2 is 0.755 bits per heavy atom. The molecule has 7 N–H and O–H groups in total. The summed E-state index contributed by atoms with van der Waals surface area (Å²) in [6.07, 6.45) is -4.63. The van der Waals surface area contributed by atoms with E-state index < -0.39 is 159 Å². The van der Waals surface area contributed by atoms with E-state index in [1.54, 1.807) is 133 Å². The number of nitrogens with zero attached hydrogens (tertiary/aromatic N) is 4. The molecule has 0 radical (unpaired) electrons. The highest BCUT2D eigenvalue weighted by atomic mass is 35.5. The van der Waals surface area contributed by atoms with E-state index in [1.165, 1.54) is 32.9 Å². The highest BCUT2D eigenvalue weighted by Gasteiger charge is 2.76. The third-order valence-corrected chi connectivity index (χ3v) is 28.7. The van der Waals surface area contributed by atoms with E-state index in [0.717, 1.165) is 64.9 Å². The van der Waals surface area contributed by atoms with Crippen molar-refractivity contribution in [3.63, 3.8) is 0 Å². The zero-order valence-electron chi connectivity index (χ0n) is 79.1. The molecule has 7 heterocycles. The van der Waals surface area contributed by atoms with Gasteiger partial charge < -0.3 is 112 Å². The zero-order valence-corrected chi connectivity index (χ0v) is 80.6. The van der Waals surface area contributed by atoms with E-state index in [2.05, 4.69) is 21.7 Å². The molecule has 6 aliphatic carbocycles. The fourth-order valence-electron chi connectivity index (χ4n) is 22.3. The number of halogens is 2. The Morgan fingerprint density at radius 1 is 0.432 bits per heavy atom. The fourth-order valence-corrected chi connectivity index (χ4v) is 22.3. The highest BCUT2D eigenvalue weighted by molar-refractivity contribution is 6.40. The average molecular weight is 1960 g/mol. The van der Waals surface area contributed by atoms with Gasteiger partial charge in [-0.05, 0) is 177 Å². The van der Waals surface area contributed by atoms with E-state index in [-0.39, 0.29) is 91.8 Å². The first-order valence-electron chi connectivity index (χ1n) is 46.3. The molecule has 18 atom stereocenters. The van der Waals surface area contributed by atoms with Gasteiger partial charge in [0.1, 0.15) is 46.1 Å².